The van der Waals surface area contributed by atoms with Gasteiger partial charge in [-0.3, -0.25) is 20.4 Å². The van der Waals surface area contributed by atoms with Crippen molar-refractivity contribution < 1.29 is 9.59 Å². The summed E-state index contributed by atoms with van der Waals surface area (Å²) < 4.78 is 0. The molecule has 128 valence electrons. The molecule has 24 heavy (non-hydrogen) atoms. The summed E-state index contributed by atoms with van der Waals surface area (Å²) in [5.41, 5.74) is 5.55. The molecule has 0 unspecified atom stereocenters. The molecule has 9 heteroatoms. The Morgan fingerprint density at radius 3 is 2.42 bits per heavy atom. The highest BCUT2D eigenvalue weighted by molar-refractivity contribution is 7.10. The van der Waals surface area contributed by atoms with Gasteiger partial charge >= 0.3 is 0 Å². The lowest BCUT2D eigenvalue weighted by Gasteiger charge is -2.17. The van der Waals surface area contributed by atoms with E-state index in [9.17, 15) is 9.59 Å². The van der Waals surface area contributed by atoms with Gasteiger partial charge in [0.15, 0.2) is 0 Å². The quantitative estimate of drug-likeness (QED) is 0.622. The van der Waals surface area contributed by atoms with Crippen molar-refractivity contribution in [1.82, 2.24) is 10.7 Å². The van der Waals surface area contributed by atoms with E-state index < -0.39 is 6.04 Å². The Labute approximate surface area is 158 Å². The van der Waals surface area contributed by atoms with Crippen LogP contribution in [0.2, 0.25) is 15.1 Å². The second-order valence-corrected chi connectivity index (χ2v) is 7.12. The zero-order valence-electron chi connectivity index (χ0n) is 12.5. The van der Waals surface area contributed by atoms with E-state index in [2.05, 4.69) is 16.2 Å². The van der Waals surface area contributed by atoms with Crippen LogP contribution in [-0.2, 0) is 9.59 Å². The number of amides is 2. The number of hydrogen-bond donors (Lipinski definition) is 3. The van der Waals surface area contributed by atoms with Crippen LogP contribution in [0.25, 0.3) is 0 Å². The Kier molecular flexibility index (Phi) is 6.74. The smallest absolute Gasteiger partial charge is 0.240 e. The first-order chi connectivity index (χ1) is 11.4. The summed E-state index contributed by atoms with van der Waals surface area (Å²) in [6, 6.07) is 6.34. The summed E-state index contributed by atoms with van der Waals surface area (Å²) in [5.74, 6) is -0.540. The highest BCUT2D eigenvalue weighted by Gasteiger charge is 2.18. The number of carbonyl (C=O) groups excluding carboxylic acids is 2. The third-order valence-corrected chi connectivity index (χ3v) is 4.79. The number of anilines is 1. The number of carbonyl (C=O) groups is 2. The minimum atomic E-state index is -0.402. The standard InChI is InChI=1S/C15H14Cl3N3O2S/c1-8(22)19-12(13-3-2-4-24-13)7-14(23)20-21-15-10(17)5-9(16)6-11(15)18/h2-6,12,21H,7H2,1H3,(H,19,22)(H,20,23)/t12-/m1/s1. The molecule has 5 nitrogen and oxygen atoms in total. The lowest BCUT2D eigenvalue weighted by molar-refractivity contribution is -0.122. The maximum absolute atomic E-state index is 12.2. The van der Waals surface area contributed by atoms with Crippen molar-refractivity contribution in [3.05, 3.63) is 49.6 Å². The molecule has 0 saturated carbocycles. The van der Waals surface area contributed by atoms with Crippen molar-refractivity contribution in [2.24, 2.45) is 0 Å². The normalized spacial score (nSPS) is 11.7. The predicted octanol–water partition coefficient (Wildman–Crippen LogP) is 4.42. The minimum absolute atomic E-state index is 0.0654. The van der Waals surface area contributed by atoms with E-state index in [0.717, 1.165) is 4.88 Å². The number of rotatable bonds is 6. The van der Waals surface area contributed by atoms with Gasteiger partial charge in [-0.25, -0.2) is 0 Å². The fraction of sp³-hybridized carbons (Fsp3) is 0.200. The van der Waals surface area contributed by atoms with E-state index in [1.54, 1.807) is 0 Å². The van der Waals surface area contributed by atoms with Gasteiger partial charge in [0.05, 0.1) is 28.2 Å². The molecule has 0 saturated heterocycles. The molecule has 1 aromatic carbocycles. The fourth-order valence-corrected chi connectivity index (χ4v) is 3.68. The monoisotopic (exact) mass is 405 g/mol. The Morgan fingerprint density at radius 1 is 1.21 bits per heavy atom. The maximum Gasteiger partial charge on any atom is 0.240 e. The lowest BCUT2D eigenvalue weighted by atomic mass is 10.1. The number of hydrazine groups is 1. The molecule has 0 spiro atoms. The fourth-order valence-electron chi connectivity index (χ4n) is 1.99. The van der Waals surface area contributed by atoms with Crippen LogP contribution < -0.4 is 16.2 Å². The van der Waals surface area contributed by atoms with E-state index in [1.165, 1.54) is 30.4 Å². The second kappa shape index (κ2) is 8.58. The predicted molar refractivity (Wildman–Crippen MR) is 98.7 cm³/mol. The van der Waals surface area contributed by atoms with Crippen molar-refractivity contribution in [3.8, 4) is 0 Å². The van der Waals surface area contributed by atoms with Gasteiger partial charge in [0, 0.05) is 16.8 Å². The average molecular weight is 407 g/mol. The topological polar surface area (TPSA) is 70.2 Å². The van der Waals surface area contributed by atoms with Crippen LogP contribution >= 0.6 is 46.1 Å². The van der Waals surface area contributed by atoms with Crippen LogP contribution in [0.3, 0.4) is 0 Å². The SMILES string of the molecule is CC(=O)N[C@H](CC(=O)NNc1c(Cl)cc(Cl)cc1Cl)c1cccs1. The molecule has 2 rings (SSSR count). The lowest BCUT2D eigenvalue weighted by Crippen LogP contribution is -2.35. The molecule has 0 bridgehead atoms. The Morgan fingerprint density at radius 2 is 1.88 bits per heavy atom. The molecular formula is C15H14Cl3N3O2S. The second-order valence-electron chi connectivity index (χ2n) is 4.89. The Balaban J connectivity index is 2.00. The van der Waals surface area contributed by atoms with E-state index in [0.29, 0.717) is 10.7 Å². The molecule has 1 heterocycles. The van der Waals surface area contributed by atoms with E-state index in [-0.39, 0.29) is 28.3 Å². The molecule has 1 aromatic heterocycles. The molecule has 0 radical (unpaired) electrons. The number of benzene rings is 1. The van der Waals surface area contributed by atoms with Crippen LogP contribution in [0.5, 0.6) is 0 Å². The maximum atomic E-state index is 12.2. The van der Waals surface area contributed by atoms with Gasteiger partial charge in [-0.1, -0.05) is 40.9 Å². The van der Waals surface area contributed by atoms with Crippen molar-refractivity contribution in [3.63, 3.8) is 0 Å². The molecular weight excluding hydrogens is 393 g/mol. The van der Waals surface area contributed by atoms with Crippen LogP contribution in [0, 0.1) is 0 Å². The number of nitrogens with one attached hydrogen (secondary N) is 3. The Hall–Kier alpha value is -1.47. The van der Waals surface area contributed by atoms with Gasteiger partial charge in [0.25, 0.3) is 0 Å². The zero-order chi connectivity index (χ0) is 17.7. The molecule has 2 amide bonds. The third-order valence-electron chi connectivity index (χ3n) is 2.99. The minimum Gasteiger partial charge on any atom is -0.348 e. The van der Waals surface area contributed by atoms with Crippen LogP contribution in [-0.4, -0.2) is 11.8 Å². The first kappa shape index (κ1) is 18.9. The summed E-state index contributed by atoms with van der Waals surface area (Å²) in [6.45, 7) is 1.41. The molecule has 0 aliphatic rings. The molecule has 0 aliphatic carbocycles. The van der Waals surface area contributed by atoms with Gasteiger partial charge in [0.2, 0.25) is 11.8 Å². The Bertz CT molecular complexity index is 715. The van der Waals surface area contributed by atoms with E-state index >= 15 is 0 Å². The summed E-state index contributed by atoms with van der Waals surface area (Å²) in [4.78, 5) is 24.4. The molecule has 0 aliphatic heterocycles. The van der Waals surface area contributed by atoms with Gasteiger partial charge < -0.3 is 5.32 Å². The molecule has 3 N–H and O–H groups in total. The number of halogens is 3. The van der Waals surface area contributed by atoms with Crippen LogP contribution in [0.15, 0.2) is 29.6 Å². The van der Waals surface area contributed by atoms with Gasteiger partial charge in [-0.05, 0) is 23.6 Å². The zero-order valence-corrected chi connectivity index (χ0v) is 15.6. The third kappa shape index (κ3) is 5.27. The van der Waals surface area contributed by atoms with Gasteiger partial charge in [-0.2, -0.15) is 0 Å². The van der Waals surface area contributed by atoms with Crippen molar-refractivity contribution in [2.45, 2.75) is 19.4 Å². The first-order valence-electron chi connectivity index (χ1n) is 6.86. The molecule has 2 aromatic rings. The molecule has 1 atom stereocenters. The van der Waals surface area contributed by atoms with Crippen molar-refractivity contribution in [2.75, 3.05) is 5.43 Å². The van der Waals surface area contributed by atoms with Crippen molar-refractivity contribution in [1.29, 1.82) is 0 Å². The van der Waals surface area contributed by atoms with Gasteiger partial charge in [-0.15, -0.1) is 11.3 Å². The summed E-state index contributed by atoms with van der Waals surface area (Å²) >= 11 is 19.4. The largest absolute Gasteiger partial charge is 0.348 e. The van der Waals surface area contributed by atoms with Gasteiger partial charge in [0.1, 0.15) is 0 Å². The van der Waals surface area contributed by atoms with Crippen LogP contribution in [0.1, 0.15) is 24.3 Å². The number of thiophene rings is 1. The molecule has 0 fully saturated rings. The highest BCUT2D eigenvalue weighted by Crippen LogP contribution is 2.33. The summed E-state index contributed by atoms with van der Waals surface area (Å²) in [5, 5.41) is 5.60. The summed E-state index contributed by atoms with van der Waals surface area (Å²) in [7, 11) is 0. The van der Waals surface area contributed by atoms with Crippen molar-refractivity contribution >= 4 is 63.6 Å². The summed E-state index contributed by atoms with van der Waals surface area (Å²) in [6.07, 6.45) is 0.0654. The average Bonchev–Trinajstić information content (AvgIpc) is 2.99. The highest BCUT2D eigenvalue weighted by atomic mass is 35.5. The van der Waals surface area contributed by atoms with E-state index in [4.69, 9.17) is 34.8 Å². The van der Waals surface area contributed by atoms with Crippen LogP contribution in [0.4, 0.5) is 5.69 Å². The number of hydrogen-bond acceptors (Lipinski definition) is 4. The van der Waals surface area contributed by atoms with E-state index in [1.807, 2.05) is 17.5 Å². The first-order valence-corrected chi connectivity index (χ1v) is 8.88.